The van der Waals surface area contributed by atoms with Crippen molar-refractivity contribution in [2.45, 2.75) is 12.7 Å². The van der Waals surface area contributed by atoms with Crippen LogP contribution in [0.4, 0.5) is 18.0 Å². The molecule has 178 valence electrons. The van der Waals surface area contributed by atoms with Gasteiger partial charge in [-0.3, -0.25) is 14.5 Å². The molecule has 2 amide bonds. The molecule has 1 aromatic heterocycles. The topological polar surface area (TPSA) is 45.5 Å². The van der Waals surface area contributed by atoms with Crippen LogP contribution in [0.3, 0.4) is 0 Å². The number of thioether (sulfide) groups is 1. The van der Waals surface area contributed by atoms with Crippen LogP contribution >= 0.6 is 23.4 Å². The number of carbonyl (C=O) groups is 2. The van der Waals surface area contributed by atoms with Crippen molar-refractivity contribution in [2.75, 3.05) is 27.2 Å². The summed E-state index contributed by atoms with van der Waals surface area (Å²) in [5.74, 6) is -0.322. The van der Waals surface area contributed by atoms with E-state index in [4.69, 9.17) is 11.6 Å². The molecule has 10 heteroatoms. The number of halogens is 4. The first-order valence-electron chi connectivity index (χ1n) is 10.4. The lowest BCUT2D eigenvalue weighted by Crippen LogP contribution is -2.34. The van der Waals surface area contributed by atoms with Crippen LogP contribution in [0.2, 0.25) is 5.02 Å². The molecule has 1 saturated heterocycles. The van der Waals surface area contributed by atoms with Gasteiger partial charge in [0, 0.05) is 41.8 Å². The highest BCUT2D eigenvalue weighted by atomic mass is 35.5. The van der Waals surface area contributed by atoms with Crippen LogP contribution in [-0.2, 0) is 17.5 Å². The summed E-state index contributed by atoms with van der Waals surface area (Å²) >= 11 is 6.69. The van der Waals surface area contributed by atoms with Crippen LogP contribution in [0.25, 0.3) is 17.0 Å². The van der Waals surface area contributed by atoms with Crippen molar-refractivity contribution < 1.29 is 22.8 Å². The SMILES string of the molecule is CN(C)CCN1C(=O)S/C(=C\c2ccc3c(ccn3Cc3ccc(Cl)cc3C(F)(F)F)c2)C1=O. The third-order valence-corrected chi connectivity index (χ3v) is 6.60. The largest absolute Gasteiger partial charge is 0.416 e. The third-order valence-electron chi connectivity index (χ3n) is 5.46. The van der Waals surface area contributed by atoms with E-state index >= 15 is 0 Å². The zero-order valence-corrected chi connectivity index (χ0v) is 20.0. The van der Waals surface area contributed by atoms with Gasteiger partial charge in [0.15, 0.2) is 0 Å². The average molecular weight is 508 g/mol. The normalized spacial score (nSPS) is 16.0. The van der Waals surface area contributed by atoms with Crippen molar-refractivity contribution in [2.24, 2.45) is 0 Å². The van der Waals surface area contributed by atoms with Gasteiger partial charge in [0.05, 0.1) is 10.5 Å². The van der Waals surface area contributed by atoms with E-state index in [1.165, 1.54) is 17.0 Å². The van der Waals surface area contributed by atoms with Gasteiger partial charge in [0.1, 0.15) is 0 Å². The van der Waals surface area contributed by atoms with Gasteiger partial charge in [0.2, 0.25) is 0 Å². The van der Waals surface area contributed by atoms with Crippen LogP contribution in [0.5, 0.6) is 0 Å². The number of hydrogen-bond acceptors (Lipinski definition) is 4. The van der Waals surface area contributed by atoms with E-state index < -0.39 is 11.7 Å². The fraction of sp³-hybridized carbons (Fsp3) is 0.250. The number of imide groups is 1. The highest BCUT2D eigenvalue weighted by Crippen LogP contribution is 2.35. The Morgan fingerprint density at radius 2 is 1.85 bits per heavy atom. The molecule has 1 fully saturated rings. The fourth-order valence-electron chi connectivity index (χ4n) is 3.72. The summed E-state index contributed by atoms with van der Waals surface area (Å²) < 4.78 is 42.1. The van der Waals surface area contributed by atoms with E-state index in [2.05, 4.69) is 0 Å². The second-order valence-electron chi connectivity index (χ2n) is 8.20. The number of aromatic nitrogens is 1. The minimum atomic E-state index is -4.51. The first-order valence-corrected chi connectivity index (χ1v) is 11.6. The second kappa shape index (κ2) is 9.48. The molecule has 0 spiro atoms. The number of hydrogen-bond donors (Lipinski definition) is 0. The molecule has 4 rings (SSSR count). The Bertz CT molecular complexity index is 1300. The van der Waals surface area contributed by atoms with Gasteiger partial charge in [-0.2, -0.15) is 13.2 Å². The smallest absolute Gasteiger partial charge is 0.343 e. The molecular weight excluding hydrogens is 487 g/mol. The quantitative estimate of drug-likeness (QED) is 0.386. The Morgan fingerprint density at radius 1 is 1.09 bits per heavy atom. The zero-order valence-electron chi connectivity index (χ0n) is 18.4. The molecule has 3 aromatic rings. The summed E-state index contributed by atoms with van der Waals surface area (Å²) in [6, 6.07) is 11.0. The Hall–Kier alpha value is -2.75. The second-order valence-corrected chi connectivity index (χ2v) is 9.63. The zero-order chi connectivity index (χ0) is 24.6. The molecule has 0 bridgehead atoms. The van der Waals surface area contributed by atoms with Gasteiger partial charge in [-0.25, -0.2) is 0 Å². The van der Waals surface area contributed by atoms with Crippen LogP contribution in [-0.4, -0.2) is 52.7 Å². The summed E-state index contributed by atoms with van der Waals surface area (Å²) in [6.07, 6.45) is -1.12. The van der Waals surface area contributed by atoms with Crippen molar-refractivity contribution in [3.05, 3.63) is 75.3 Å². The molecule has 5 nitrogen and oxygen atoms in total. The number of likely N-dealkylation sites (N-methyl/N-ethyl adjacent to an activating group) is 1. The number of amides is 2. The summed E-state index contributed by atoms with van der Waals surface area (Å²) in [6.45, 7) is 0.926. The summed E-state index contributed by atoms with van der Waals surface area (Å²) in [4.78, 5) is 28.3. The predicted octanol–water partition coefficient (Wildman–Crippen LogP) is 5.96. The molecule has 2 heterocycles. The lowest BCUT2D eigenvalue weighted by molar-refractivity contribution is -0.138. The maximum absolute atomic E-state index is 13.5. The number of fused-ring (bicyclic) bond motifs is 1. The maximum atomic E-state index is 13.5. The molecule has 0 aliphatic carbocycles. The minimum Gasteiger partial charge on any atom is -0.343 e. The first kappa shape index (κ1) is 24.4. The monoisotopic (exact) mass is 507 g/mol. The van der Waals surface area contributed by atoms with E-state index in [1.807, 2.05) is 25.1 Å². The Kier molecular flexibility index (Phi) is 6.80. The molecule has 0 unspecified atom stereocenters. The Balaban J connectivity index is 1.58. The number of nitrogens with zero attached hydrogens (tertiary/aromatic N) is 3. The molecule has 34 heavy (non-hydrogen) atoms. The van der Waals surface area contributed by atoms with Crippen LogP contribution in [0, 0.1) is 0 Å². The number of rotatable bonds is 6. The van der Waals surface area contributed by atoms with Crippen LogP contribution in [0.1, 0.15) is 16.7 Å². The molecular formula is C24H21ClF3N3O2S. The maximum Gasteiger partial charge on any atom is 0.416 e. The van der Waals surface area contributed by atoms with Crippen molar-refractivity contribution in [3.63, 3.8) is 0 Å². The van der Waals surface area contributed by atoms with E-state index in [9.17, 15) is 22.8 Å². The lowest BCUT2D eigenvalue weighted by atomic mass is 10.1. The molecule has 2 aromatic carbocycles. The van der Waals surface area contributed by atoms with Gasteiger partial charge in [0.25, 0.3) is 11.1 Å². The van der Waals surface area contributed by atoms with Gasteiger partial charge in [-0.1, -0.05) is 23.7 Å². The van der Waals surface area contributed by atoms with Gasteiger partial charge in [-0.15, -0.1) is 0 Å². The summed E-state index contributed by atoms with van der Waals surface area (Å²) in [5, 5.41) is 0.543. The van der Waals surface area contributed by atoms with Gasteiger partial charge in [-0.05, 0) is 73.4 Å². The highest BCUT2D eigenvalue weighted by Gasteiger charge is 2.35. The summed E-state index contributed by atoms with van der Waals surface area (Å²) in [7, 11) is 3.74. The Labute approximate surface area is 203 Å². The lowest BCUT2D eigenvalue weighted by Gasteiger charge is -2.15. The number of alkyl halides is 3. The van der Waals surface area contributed by atoms with Crippen molar-refractivity contribution in [3.8, 4) is 0 Å². The highest BCUT2D eigenvalue weighted by molar-refractivity contribution is 8.18. The van der Waals surface area contributed by atoms with Gasteiger partial charge >= 0.3 is 6.18 Å². The van der Waals surface area contributed by atoms with E-state index in [0.717, 1.165) is 34.3 Å². The van der Waals surface area contributed by atoms with Crippen molar-refractivity contribution in [1.82, 2.24) is 14.4 Å². The van der Waals surface area contributed by atoms with E-state index in [0.29, 0.717) is 18.0 Å². The fourth-order valence-corrected chi connectivity index (χ4v) is 4.76. The molecule has 0 radical (unpaired) electrons. The third kappa shape index (κ3) is 5.16. The van der Waals surface area contributed by atoms with E-state index in [1.54, 1.807) is 35.0 Å². The molecule has 0 atom stereocenters. The van der Waals surface area contributed by atoms with E-state index in [-0.39, 0.29) is 28.3 Å². The first-order chi connectivity index (χ1) is 16.0. The molecule has 0 saturated carbocycles. The molecule has 0 N–H and O–H groups in total. The molecule has 1 aliphatic rings. The van der Waals surface area contributed by atoms with Crippen LogP contribution in [0.15, 0.2) is 53.6 Å². The van der Waals surface area contributed by atoms with Crippen LogP contribution < -0.4 is 0 Å². The molecule has 1 aliphatic heterocycles. The number of carbonyl (C=O) groups excluding carboxylic acids is 2. The summed E-state index contributed by atoms with van der Waals surface area (Å²) in [5.41, 5.74) is 0.832. The van der Waals surface area contributed by atoms with Crippen molar-refractivity contribution >= 4 is 51.5 Å². The standard InChI is InChI=1S/C24H21ClF3N3O2S/c1-29(2)9-10-31-22(32)21(34-23(31)33)12-15-3-6-20-16(11-15)7-8-30(20)14-17-4-5-18(25)13-19(17)24(26,27)28/h3-8,11-13H,9-10,14H2,1-2H3/b21-12-. The number of benzene rings is 2. The minimum absolute atomic E-state index is 0.0274. The van der Waals surface area contributed by atoms with Gasteiger partial charge < -0.3 is 9.47 Å². The predicted molar refractivity (Wildman–Crippen MR) is 129 cm³/mol. The Morgan fingerprint density at radius 3 is 2.56 bits per heavy atom. The van der Waals surface area contributed by atoms with Crippen molar-refractivity contribution in [1.29, 1.82) is 0 Å². The average Bonchev–Trinajstić information content (AvgIpc) is 3.27.